The lowest BCUT2D eigenvalue weighted by molar-refractivity contribution is 0.0372. The van der Waals surface area contributed by atoms with Crippen LogP contribution in [-0.4, -0.2) is 47.2 Å². The van der Waals surface area contributed by atoms with E-state index in [1.54, 1.807) is 12.3 Å². The highest BCUT2D eigenvalue weighted by molar-refractivity contribution is 9.09. The van der Waals surface area contributed by atoms with E-state index in [1.165, 1.54) is 0 Å². The molecule has 0 saturated carbocycles. The SMILES string of the molecule is CCOc1ccnc(N2CC(CBr)OCC2C)n1. The van der Waals surface area contributed by atoms with Gasteiger partial charge in [-0.05, 0) is 13.8 Å². The quantitative estimate of drug-likeness (QED) is 0.794. The number of anilines is 1. The van der Waals surface area contributed by atoms with Crippen molar-refractivity contribution in [1.29, 1.82) is 0 Å². The lowest BCUT2D eigenvalue weighted by Crippen LogP contribution is -2.49. The van der Waals surface area contributed by atoms with Crippen molar-refractivity contribution < 1.29 is 9.47 Å². The summed E-state index contributed by atoms with van der Waals surface area (Å²) in [6.07, 6.45) is 1.92. The lowest BCUT2D eigenvalue weighted by atomic mass is 10.2. The minimum Gasteiger partial charge on any atom is -0.478 e. The Bertz CT molecular complexity index is 391. The summed E-state index contributed by atoms with van der Waals surface area (Å²) in [6, 6.07) is 2.05. The molecule has 6 heteroatoms. The first-order chi connectivity index (χ1) is 8.74. The molecule has 18 heavy (non-hydrogen) atoms. The van der Waals surface area contributed by atoms with Gasteiger partial charge in [0.15, 0.2) is 0 Å². The average Bonchev–Trinajstić information content (AvgIpc) is 2.40. The summed E-state index contributed by atoms with van der Waals surface area (Å²) in [7, 11) is 0. The van der Waals surface area contributed by atoms with E-state index in [9.17, 15) is 0 Å². The van der Waals surface area contributed by atoms with E-state index in [0.717, 1.165) is 11.9 Å². The van der Waals surface area contributed by atoms with Gasteiger partial charge in [0.25, 0.3) is 0 Å². The molecular weight excluding hydrogens is 298 g/mol. The number of nitrogens with zero attached hydrogens (tertiary/aromatic N) is 3. The molecule has 0 amide bonds. The fraction of sp³-hybridized carbons (Fsp3) is 0.667. The molecule has 1 fully saturated rings. The number of halogens is 1. The molecule has 2 rings (SSSR count). The number of morpholine rings is 1. The maximum atomic E-state index is 5.69. The molecule has 1 aliphatic heterocycles. The van der Waals surface area contributed by atoms with E-state index in [-0.39, 0.29) is 12.1 Å². The first-order valence-electron chi connectivity index (χ1n) is 6.14. The number of rotatable bonds is 4. The van der Waals surface area contributed by atoms with Crippen LogP contribution < -0.4 is 9.64 Å². The second-order valence-corrected chi connectivity index (χ2v) is 4.89. The van der Waals surface area contributed by atoms with Gasteiger partial charge in [0.2, 0.25) is 11.8 Å². The van der Waals surface area contributed by atoms with Crippen molar-refractivity contribution in [3.8, 4) is 5.88 Å². The van der Waals surface area contributed by atoms with Crippen LogP contribution in [0.2, 0.25) is 0 Å². The van der Waals surface area contributed by atoms with Crippen LogP contribution in [0.5, 0.6) is 5.88 Å². The zero-order valence-corrected chi connectivity index (χ0v) is 12.3. The Morgan fingerprint density at radius 2 is 2.44 bits per heavy atom. The van der Waals surface area contributed by atoms with Crippen LogP contribution in [0, 0.1) is 0 Å². The predicted octanol–water partition coefficient (Wildman–Crippen LogP) is 1.86. The van der Waals surface area contributed by atoms with Gasteiger partial charge in [0.1, 0.15) is 0 Å². The third kappa shape index (κ3) is 3.11. The molecule has 1 saturated heterocycles. The summed E-state index contributed by atoms with van der Waals surface area (Å²) in [5.41, 5.74) is 0. The monoisotopic (exact) mass is 315 g/mol. The Hall–Kier alpha value is -0.880. The summed E-state index contributed by atoms with van der Waals surface area (Å²) >= 11 is 3.45. The third-order valence-corrected chi connectivity index (χ3v) is 3.57. The van der Waals surface area contributed by atoms with Crippen molar-refractivity contribution >= 4 is 21.9 Å². The van der Waals surface area contributed by atoms with E-state index in [0.29, 0.717) is 25.0 Å². The summed E-state index contributed by atoms with van der Waals surface area (Å²) in [6.45, 7) is 6.15. The Kier molecular flexibility index (Phi) is 4.77. The highest BCUT2D eigenvalue weighted by Gasteiger charge is 2.27. The summed E-state index contributed by atoms with van der Waals surface area (Å²) in [5, 5.41) is 0.821. The fourth-order valence-electron chi connectivity index (χ4n) is 1.89. The molecule has 2 atom stereocenters. The van der Waals surface area contributed by atoms with Crippen LogP contribution in [0.15, 0.2) is 12.3 Å². The van der Waals surface area contributed by atoms with Crippen molar-refractivity contribution in [2.45, 2.75) is 26.0 Å². The zero-order chi connectivity index (χ0) is 13.0. The summed E-state index contributed by atoms with van der Waals surface area (Å²) < 4.78 is 11.1. The maximum absolute atomic E-state index is 5.69. The van der Waals surface area contributed by atoms with Gasteiger partial charge < -0.3 is 14.4 Å². The highest BCUT2D eigenvalue weighted by atomic mass is 79.9. The minimum absolute atomic E-state index is 0.181. The molecule has 0 bridgehead atoms. The van der Waals surface area contributed by atoms with Gasteiger partial charge in [-0.1, -0.05) is 15.9 Å². The van der Waals surface area contributed by atoms with Gasteiger partial charge in [-0.3, -0.25) is 0 Å². The van der Waals surface area contributed by atoms with E-state index >= 15 is 0 Å². The van der Waals surface area contributed by atoms with Crippen molar-refractivity contribution in [3.63, 3.8) is 0 Å². The van der Waals surface area contributed by atoms with E-state index < -0.39 is 0 Å². The number of hydrogen-bond donors (Lipinski definition) is 0. The number of aromatic nitrogens is 2. The Balaban J connectivity index is 2.15. The van der Waals surface area contributed by atoms with Crippen molar-refractivity contribution in [3.05, 3.63) is 12.3 Å². The first kappa shape index (κ1) is 13.5. The van der Waals surface area contributed by atoms with Crippen LogP contribution in [0.3, 0.4) is 0 Å². The Labute approximate surface area is 116 Å². The summed E-state index contributed by atoms with van der Waals surface area (Å²) in [5.74, 6) is 1.33. The number of hydrogen-bond acceptors (Lipinski definition) is 5. The maximum Gasteiger partial charge on any atom is 0.229 e. The first-order valence-corrected chi connectivity index (χ1v) is 7.26. The predicted molar refractivity (Wildman–Crippen MR) is 73.5 cm³/mol. The molecule has 0 aromatic carbocycles. The Morgan fingerprint density at radius 1 is 1.61 bits per heavy atom. The van der Waals surface area contributed by atoms with Crippen molar-refractivity contribution in [2.24, 2.45) is 0 Å². The average molecular weight is 316 g/mol. The van der Waals surface area contributed by atoms with Gasteiger partial charge in [-0.15, -0.1) is 0 Å². The molecule has 5 nitrogen and oxygen atoms in total. The molecule has 100 valence electrons. The standard InChI is InChI=1S/C12H18BrN3O2/c1-3-17-11-4-5-14-12(15-11)16-7-10(6-13)18-8-9(16)2/h4-5,9-10H,3,6-8H2,1-2H3. The smallest absolute Gasteiger partial charge is 0.229 e. The number of alkyl halides is 1. The Morgan fingerprint density at radius 3 is 3.17 bits per heavy atom. The van der Waals surface area contributed by atoms with Crippen LogP contribution in [0.25, 0.3) is 0 Å². The van der Waals surface area contributed by atoms with Gasteiger partial charge >= 0.3 is 0 Å². The van der Waals surface area contributed by atoms with Crippen LogP contribution in [0.1, 0.15) is 13.8 Å². The second-order valence-electron chi connectivity index (χ2n) is 4.24. The minimum atomic E-state index is 0.181. The molecule has 1 aliphatic rings. The molecule has 0 spiro atoms. The van der Waals surface area contributed by atoms with Crippen molar-refractivity contribution in [1.82, 2.24) is 9.97 Å². The zero-order valence-electron chi connectivity index (χ0n) is 10.7. The van der Waals surface area contributed by atoms with Crippen LogP contribution in [0.4, 0.5) is 5.95 Å². The molecular formula is C12H18BrN3O2. The molecule has 0 aliphatic carbocycles. The molecule has 0 N–H and O–H groups in total. The fourth-order valence-corrected chi connectivity index (χ4v) is 2.28. The van der Waals surface area contributed by atoms with E-state index in [1.807, 2.05) is 6.92 Å². The molecule has 2 unspecified atom stereocenters. The van der Waals surface area contributed by atoms with Crippen LogP contribution >= 0.6 is 15.9 Å². The van der Waals surface area contributed by atoms with Crippen molar-refractivity contribution in [2.75, 3.05) is 30.0 Å². The van der Waals surface area contributed by atoms with Gasteiger partial charge in [-0.25, -0.2) is 4.98 Å². The molecule has 0 radical (unpaired) electrons. The molecule has 2 heterocycles. The molecule has 1 aromatic heterocycles. The largest absolute Gasteiger partial charge is 0.478 e. The topological polar surface area (TPSA) is 47.5 Å². The highest BCUT2D eigenvalue weighted by Crippen LogP contribution is 2.20. The molecule has 1 aromatic rings. The van der Waals surface area contributed by atoms with Gasteiger partial charge in [0, 0.05) is 24.1 Å². The lowest BCUT2D eigenvalue weighted by Gasteiger charge is -2.37. The van der Waals surface area contributed by atoms with E-state index in [2.05, 4.69) is 37.7 Å². The normalized spacial score (nSPS) is 24.1. The third-order valence-electron chi connectivity index (χ3n) is 2.84. The van der Waals surface area contributed by atoms with Gasteiger partial charge in [-0.2, -0.15) is 4.98 Å². The van der Waals surface area contributed by atoms with E-state index in [4.69, 9.17) is 9.47 Å². The second kappa shape index (κ2) is 6.33. The number of ether oxygens (including phenoxy) is 2. The van der Waals surface area contributed by atoms with Crippen LogP contribution in [-0.2, 0) is 4.74 Å². The summed E-state index contributed by atoms with van der Waals surface area (Å²) in [4.78, 5) is 10.9. The van der Waals surface area contributed by atoms with Gasteiger partial charge in [0.05, 0.1) is 25.4 Å².